The van der Waals surface area contributed by atoms with E-state index in [-0.39, 0.29) is 12.0 Å². The van der Waals surface area contributed by atoms with Crippen LogP contribution in [0, 0.1) is 0 Å². The fourth-order valence-electron chi connectivity index (χ4n) is 1.04. The normalized spacial score (nSPS) is 12.8. The highest BCUT2D eigenvalue weighted by atomic mass is 79.9. The minimum absolute atomic E-state index is 0.0207. The predicted molar refractivity (Wildman–Crippen MR) is 53.4 cm³/mol. The lowest BCUT2D eigenvalue weighted by atomic mass is 10.1. The molecule has 0 spiro atoms. The average Bonchev–Trinajstić information content (AvgIpc) is 2.10. The third-order valence-corrected chi connectivity index (χ3v) is 2.36. The zero-order valence-electron chi connectivity index (χ0n) is 6.96. The molecule has 0 bridgehead atoms. The SMILES string of the molecule is N[C@H](CCO)c1c[nH]cc(Br)c1=O. The van der Waals surface area contributed by atoms with Gasteiger partial charge in [0.25, 0.3) is 0 Å². The van der Waals surface area contributed by atoms with Crippen LogP contribution in [-0.4, -0.2) is 16.7 Å². The number of aliphatic hydroxyl groups excluding tert-OH is 1. The van der Waals surface area contributed by atoms with Crippen molar-refractivity contribution < 1.29 is 5.11 Å². The van der Waals surface area contributed by atoms with Crippen LogP contribution in [0.4, 0.5) is 0 Å². The Morgan fingerprint density at radius 1 is 1.62 bits per heavy atom. The largest absolute Gasteiger partial charge is 0.396 e. The molecule has 0 aromatic carbocycles. The van der Waals surface area contributed by atoms with Crippen LogP contribution in [0.1, 0.15) is 18.0 Å². The molecule has 1 aromatic heterocycles. The van der Waals surface area contributed by atoms with Crippen molar-refractivity contribution in [2.75, 3.05) is 6.61 Å². The summed E-state index contributed by atoms with van der Waals surface area (Å²) in [5.41, 5.74) is 6.04. The van der Waals surface area contributed by atoms with Crippen molar-refractivity contribution in [1.29, 1.82) is 0 Å². The molecule has 4 N–H and O–H groups in total. The number of aromatic amines is 1. The molecule has 0 fully saturated rings. The number of nitrogens with two attached hydrogens (primary N) is 1. The van der Waals surface area contributed by atoms with E-state index >= 15 is 0 Å². The van der Waals surface area contributed by atoms with Gasteiger partial charge < -0.3 is 15.8 Å². The predicted octanol–water partition coefficient (Wildman–Crippen LogP) is 0.520. The van der Waals surface area contributed by atoms with Gasteiger partial charge >= 0.3 is 0 Å². The molecule has 1 rings (SSSR count). The van der Waals surface area contributed by atoms with Crippen molar-refractivity contribution in [2.45, 2.75) is 12.5 Å². The zero-order valence-corrected chi connectivity index (χ0v) is 8.54. The van der Waals surface area contributed by atoms with Gasteiger partial charge in [-0.05, 0) is 22.4 Å². The molecule has 0 saturated heterocycles. The Morgan fingerprint density at radius 2 is 2.31 bits per heavy atom. The van der Waals surface area contributed by atoms with E-state index < -0.39 is 6.04 Å². The number of halogens is 1. The molecule has 0 aliphatic heterocycles. The van der Waals surface area contributed by atoms with Crippen molar-refractivity contribution in [3.63, 3.8) is 0 Å². The van der Waals surface area contributed by atoms with Crippen LogP contribution >= 0.6 is 15.9 Å². The molecule has 1 aromatic rings. The molecule has 13 heavy (non-hydrogen) atoms. The maximum atomic E-state index is 11.5. The molecule has 0 radical (unpaired) electrons. The van der Waals surface area contributed by atoms with Crippen molar-refractivity contribution in [3.05, 3.63) is 32.7 Å². The summed E-state index contributed by atoms with van der Waals surface area (Å²) < 4.78 is 0.457. The minimum atomic E-state index is -0.411. The van der Waals surface area contributed by atoms with E-state index in [1.807, 2.05) is 0 Å². The van der Waals surface area contributed by atoms with Gasteiger partial charge in [-0.25, -0.2) is 0 Å². The summed E-state index contributed by atoms with van der Waals surface area (Å²) >= 11 is 3.10. The van der Waals surface area contributed by atoms with Gasteiger partial charge in [-0.2, -0.15) is 0 Å². The third-order valence-electron chi connectivity index (χ3n) is 1.77. The highest BCUT2D eigenvalue weighted by Crippen LogP contribution is 2.10. The summed E-state index contributed by atoms with van der Waals surface area (Å²) in [7, 11) is 0. The Hall–Kier alpha value is -0.650. The fraction of sp³-hybridized carbons (Fsp3) is 0.375. The van der Waals surface area contributed by atoms with Crippen LogP contribution in [0.3, 0.4) is 0 Å². The standard InChI is InChI=1S/C8H11BrN2O2/c9-6-4-11-3-5(8(6)13)7(10)1-2-12/h3-4,7,12H,1-2,10H2,(H,11,13)/t7-/m1/s1. The highest BCUT2D eigenvalue weighted by molar-refractivity contribution is 9.10. The number of rotatable bonds is 3. The van der Waals surface area contributed by atoms with Gasteiger partial charge in [0.05, 0.1) is 4.47 Å². The molecular weight excluding hydrogens is 236 g/mol. The molecular formula is C8H11BrN2O2. The number of hydrogen-bond acceptors (Lipinski definition) is 3. The molecule has 1 heterocycles. The molecule has 0 unspecified atom stereocenters. The first-order chi connectivity index (χ1) is 6.16. The van der Waals surface area contributed by atoms with Crippen molar-refractivity contribution >= 4 is 15.9 Å². The van der Waals surface area contributed by atoms with Crippen molar-refractivity contribution in [2.24, 2.45) is 5.73 Å². The highest BCUT2D eigenvalue weighted by Gasteiger charge is 2.10. The van der Waals surface area contributed by atoms with E-state index in [0.717, 1.165) is 0 Å². The lowest BCUT2D eigenvalue weighted by Crippen LogP contribution is -2.21. The maximum absolute atomic E-state index is 11.5. The van der Waals surface area contributed by atoms with Gasteiger partial charge in [0.1, 0.15) is 0 Å². The van der Waals surface area contributed by atoms with E-state index in [2.05, 4.69) is 20.9 Å². The van der Waals surface area contributed by atoms with Crippen LogP contribution < -0.4 is 11.2 Å². The Balaban J connectivity index is 3.01. The monoisotopic (exact) mass is 246 g/mol. The number of nitrogens with one attached hydrogen (secondary N) is 1. The second kappa shape index (κ2) is 4.55. The van der Waals surface area contributed by atoms with Gasteiger partial charge in [-0.1, -0.05) is 0 Å². The first-order valence-corrected chi connectivity index (χ1v) is 4.69. The van der Waals surface area contributed by atoms with Gasteiger partial charge in [0.2, 0.25) is 0 Å². The van der Waals surface area contributed by atoms with Crippen molar-refractivity contribution in [1.82, 2.24) is 4.98 Å². The Bertz CT molecular complexity index is 337. The number of aromatic nitrogens is 1. The van der Waals surface area contributed by atoms with Crippen molar-refractivity contribution in [3.8, 4) is 0 Å². The maximum Gasteiger partial charge on any atom is 0.200 e. The van der Waals surface area contributed by atoms with Crippen LogP contribution in [0.5, 0.6) is 0 Å². The van der Waals surface area contributed by atoms with Gasteiger partial charge in [-0.15, -0.1) is 0 Å². The molecule has 0 amide bonds. The minimum Gasteiger partial charge on any atom is -0.396 e. The lowest BCUT2D eigenvalue weighted by Gasteiger charge is -2.08. The summed E-state index contributed by atoms with van der Waals surface area (Å²) in [5, 5.41) is 8.65. The third kappa shape index (κ3) is 2.40. The van der Waals surface area contributed by atoms with E-state index in [1.54, 1.807) is 12.4 Å². The number of aliphatic hydroxyl groups is 1. The van der Waals surface area contributed by atoms with E-state index in [0.29, 0.717) is 16.5 Å². The van der Waals surface area contributed by atoms with Gasteiger partial charge in [0, 0.05) is 30.6 Å². The zero-order chi connectivity index (χ0) is 9.84. The van der Waals surface area contributed by atoms with Crippen LogP contribution in [0.15, 0.2) is 21.7 Å². The molecule has 1 atom stereocenters. The van der Waals surface area contributed by atoms with Crippen LogP contribution in [0.2, 0.25) is 0 Å². The summed E-state index contributed by atoms with van der Waals surface area (Å²) in [5.74, 6) is 0. The van der Waals surface area contributed by atoms with E-state index in [9.17, 15) is 4.79 Å². The van der Waals surface area contributed by atoms with Gasteiger partial charge in [-0.3, -0.25) is 4.79 Å². The smallest absolute Gasteiger partial charge is 0.200 e. The molecule has 4 nitrogen and oxygen atoms in total. The van der Waals surface area contributed by atoms with E-state index in [4.69, 9.17) is 10.8 Å². The Labute approximate surface area is 83.9 Å². The number of pyridine rings is 1. The van der Waals surface area contributed by atoms with Gasteiger partial charge in [0.15, 0.2) is 5.43 Å². The Morgan fingerprint density at radius 3 is 2.92 bits per heavy atom. The molecule has 0 aliphatic carbocycles. The van der Waals surface area contributed by atoms with Crippen LogP contribution in [-0.2, 0) is 0 Å². The summed E-state index contributed by atoms with van der Waals surface area (Å²) in [6.07, 6.45) is 3.50. The quantitative estimate of drug-likeness (QED) is 0.728. The first kappa shape index (κ1) is 10.4. The van der Waals surface area contributed by atoms with Crippen LogP contribution in [0.25, 0.3) is 0 Å². The Kier molecular flexibility index (Phi) is 3.65. The topological polar surface area (TPSA) is 79.1 Å². The first-order valence-electron chi connectivity index (χ1n) is 3.89. The average molecular weight is 247 g/mol. The lowest BCUT2D eigenvalue weighted by molar-refractivity contribution is 0.276. The molecule has 0 saturated carbocycles. The second-order valence-electron chi connectivity index (χ2n) is 2.71. The van der Waals surface area contributed by atoms with E-state index in [1.165, 1.54) is 0 Å². The molecule has 72 valence electrons. The fourth-order valence-corrected chi connectivity index (χ4v) is 1.40. The summed E-state index contributed by atoms with van der Waals surface area (Å²) in [6, 6.07) is -0.411. The second-order valence-corrected chi connectivity index (χ2v) is 3.56. The number of H-pyrrole nitrogens is 1. The molecule has 0 aliphatic rings. The summed E-state index contributed by atoms with van der Waals surface area (Å²) in [6.45, 7) is -0.0207. The summed E-state index contributed by atoms with van der Waals surface area (Å²) in [4.78, 5) is 14.3. The molecule has 5 heteroatoms. The number of hydrogen-bond donors (Lipinski definition) is 3.